The van der Waals surface area contributed by atoms with Crippen LogP contribution in [0, 0.1) is 6.92 Å². The van der Waals surface area contributed by atoms with Gasteiger partial charge in [-0.2, -0.15) is 0 Å². The normalized spacial score (nSPS) is 10.5. The number of nitrogens with zero attached hydrogens (tertiary/aromatic N) is 1. The van der Waals surface area contributed by atoms with Gasteiger partial charge in [0.25, 0.3) is 0 Å². The smallest absolute Gasteiger partial charge is 0.187 e. The molecule has 1 heterocycles. The molecular formula is C13H12ClNO2. The van der Waals surface area contributed by atoms with E-state index in [1.54, 1.807) is 18.3 Å². The number of aliphatic hydroxyl groups excluding tert-OH is 1. The maximum atomic E-state index is 11.5. The van der Waals surface area contributed by atoms with E-state index in [2.05, 4.69) is 0 Å². The highest BCUT2D eigenvalue weighted by molar-refractivity contribution is 6.30. The second-order valence-corrected chi connectivity index (χ2v) is 4.25. The Kier molecular flexibility index (Phi) is 3.31. The average molecular weight is 250 g/mol. The number of aromatic nitrogens is 1. The zero-order chi connectivity index (χ0) is 12.4. The molecule has 88 valence electrons. The van der Waals surface area contributed by atoms with Crippen LogP contribution >= 0.6 is 11.6 Å². The molecule has 2 aromatic rings. The minimum absolute atomic E-state index is 0.143. The van der Waals surface area contributed by atoms with E-state index in [0.717, 1.165) is 11.4 Å². The molecule has 0 saturated heterocycles. The fourth-order valence-corrected chi connectivity index (χ4v) is 1.80. The summed E-state index contributed by atoms with van der Waals surface area (Å²) in [5, 5.41) is 9.75. The molecule has 0 amide bonds. The van der Waals surface area contributed by atoms with Crippen LogP contribution in [-0.4, -0.2) is 9.67 Å². The van der Waals surface area contributed by atoms with E-state index < -0.39 is 0 Å². The minimum Gasteiger partial charge on any atom is -0.391 e. The fraction of sp³-hybridized carbons (Fsp3) is 0.154. The molecular weight excluding hydrogens is 238 g/mol. The molecule has 4 heteroatoms. The average Bonchev–Trinajstić information content (AvgIpc) is 2.31. The Morgan fingerprint density at radius 2 is 1.94 bits per heavy atom. The second kappa shape index (κ2) is 4.73. The van der Waals surface area contributed by atoms with Gasteiger partial charge < -0.3 is 9.67 Å². The van der Waals surface area contributed by atoms with Gasteiger partial charge in [0, 0.05) is 34.2 Å². The summed E-state index contributed by atoms with van der Waals surface area (Å²) < 4.78 is 1.85. The minimum atomic E-state index is -0.257. The van der Waals surface area contributed by atoms with Crippen molar-refractivity contribution in [3.05, 3.63) is 63.0 Å². The summed E-state index contributed by atoms with van der Waals surface area (Å²) in [4.78, 5) is 11.5. The Morgan fingerprint density at radius 3 is 2.53 bits per heavy atom. The molecule has 0 fully saturated rings. The summed E-state index contributed by atoms with van der Waals surface area (Å²) in [6.07, 6.45) is 1.65. The Morgan fingerprint density at radius 1 is 1.29 bits per heavy atom. The van der Waals surface area contributed by atoms with Gasteiger partial charge in [0.1, 0.15) is 0 Å². The van der Waals surface area contributed by atoms with Gasteiger partial charge >= 0.3 is 0 Å². The lowest BCUT2D eigenvalue weighted by Gasteiger charge is -2.12. The monoisotopic (exact) mass is 249 g/mol. The van der Waals surface area contributed by atoms with Crippen LogP contribution in [-0.2, 0) is 6.61 Å². The van der Waals surface area contributed by atoms with E-state index in [4.69, 9.17) is 16.7 Å². The highest BCUT2D eigenvalue weighted by Gasteiger charge is 2.04. The molecule has 0 aliphatic heterocycles. The lowest BCUT2D eigenvalue weighted by molar-refractivity contribution is 0.280. The van der Waals surface area contributed by atoms with Gasteiger partial charge in [-0.3, -0.25) is 4.79 Å². The number of hydrogen-bond donors (Lipinski definition) is 1. The quantitative estimate of drug-likeness (QED) is 0.887. The predicted molar refractivity (Wildman–Crippen MR) is 67.7 cm³/mol. The van der Waals surface area contributed by atoms with E-state index in [9.17, 15) is 4.79 Å². The number of aryl methyl sites for hydroxylation is 1. The number of pyridine rings is 1. The molecule has 1 N–H and O–H groups in total. The van der Waals surface area contributed by atoms with Crippen molar-refractivity contribution in [2.24, 2.45) is 0 Å². The van der Waals surface area contributed by atoms with Gasteiger partial charge in [-0.1, -0.05) is 11.6 Å². The molecule has 2 rings (SSSR count). The number of benzene rings is 1. The number of aliphatic hydroxyl groups is 1. The first-order valence-electron chi connectivity index (χ1n) is 5.21. The van der Waals surface area contributed by atoms with Crippen LogP contribution in [0.5, 0.6) is 0 Å². The summed E-state index contributed by atoms with van der Waals surface area (Å²) in [5.74, 6) is 0. The zero-order valence-electron chi connectivity index (χ0n) is 9.35. The Hall–Kier alpha value is -1.58. The lowest BCUT2D eigenvalue weighted by Crippen LogP contribution is -2.13. The van der Waals surface area contributed by atoms with Crippen LogP contribution in [0.1, 0.15) is 11.3 Å². The Labute approximate surface area is 104 Å². The third-order valence-corrected chi connectivity index (χ3v) is 2.85. The Balaban J connectivity index is 2.59. The third kappa shape index (κ3) is 2.40. The maximum Gasteiger partial charge on any atom is 0.187 e. The number of rotatable bonds is 2. The summed E-state index contributed by atoms with van der Waals surface area (Å²) in [7, 11) is 0. The SMILES string of the molecule is Cc1cc(=O)c(CO)cn1-c1ccc(Cl)cc1. The van der Waals surface area contributed by atoms with Crippen LogP contribution in [0.3, 0.4) is 0 Å². The van der Waals surface area contributed by atoms with Gasteiger partial charge in [-0.25, -0.2) is 0 Å². The van der Waals surface area contributed by atoms with Crippen molar-refractivity contribution in [2.45, 2.75) is 13.5 Å². The van der Waals surface area contributed by atoms with Gasteiger partial charge in [-0.05, 0) is 31.2 Å². The molecule has 0 atom stereocenters. The standard InChI is InChI=1S/C13H12ClNO2/c1-9-6-13(17)10(8-16)7-15(9)12-4-2-11(14)3-5-12/h2-7,16H,8H2,1H3. The van der Waals surface area contributed by atoms with Crippen LogP contribution < -0.4 is 5.43 Å². The molecule has 0 saturated carbocycles. The molecule has 1 aromatic carbocycles. The van der Waals surface area contributed by atoms with E-state index in [1.165, 1.54) is 6.07 Å². The summed E-state index contributed by atoms with van der Waals surface area (Å²) >= 11 is 5.82. The molecule has 0 bridgehead atoms. The molecule has 1 aromatic heterocycles. The summed E-state index contributed by atoms with van der Waals surface area (Å²) in [6.45, 7) is 1.59. The second-order valence-electron chi connectivity index (χ2n) is 3.81. The molecule has 0 radical (unpaired) electrons. The highest BCUT2D eigenvalue weighted by Crippen LogP contribution is 2.15. The van der Waals surface area contributed by atoms with Crippen molar-refractivity contribution < 1.29 is 5.11 Å². The molecule has 3 nitrogen and oxygen atoms in total. The summed E-state index contributed by atoms with van der Waals surface area (Å²) in [6, 6.07) is 8.81. The molecule has 0 unspecified atom stereocenters. The molecule has 17 heavy (non-hydrogen) atoms. The maximum absolute atomic E-state index is 11.5. The van der Waals surface area contributed by atoms with Crippen molar-refractivity contribution in [2.75, 3.05) is 0 Å². The molecule has 0 spiro atoms. The van der Waals surface area contributed by atoms with E-state index >= 15 is 0 Å². The van der Waals surface area contributed by atoms with Crippen molar-refractivity contribution in [3.8, 4) is 5.69 Å². The van der Waals surface area contributed by atoms with Crippen molar-refractivity contribution in [3.63, 3.8) is 0 Å². The van der Waals surface area contributed by atoms with Crippen LogP contribution in [0.4, 0.5) is 0 Å². The van der Waals surface area contributed by atoms with Crippen molar-refractivity contribution in [1.82, 2.24) is 4.57 Å². The topological polar surface area (TPSA) is 42.2 Å². The largest absolute Gasteiger partial charge is 0.391 e. The molecule has 0 aliphatic rings. The molecule has 0 aliphatic carbocycles. The predicted octanol–water partition coefficient (Wildman–Crippen LogP) is 2.29. The highest BCUT2D eigenvalue weighted by atomic mass is 35.5. The number of hydrogen-bond acceptors (Lipinski definition) is 2. The van der Waals surface area contributed by atoms with Crippen LogP contribution in [0.25, 0.3) is 5.69 Å². The number of halogens is 1. The van der Waals surface area contributed by atoms with Crippen molar-refractivity contribution >= 4 is 11.6 Å². The van der Waals surface area contributed by atoms with E-state index in [1.807, 2.05) is 23.6 Å². The lowest BCUT2D eigenvalue weighted by atomic mass is 10.2. The fourth-order valence-electron chi connectivity index (χ4n) is 1.67. The van der Waals surface area contributed by atoms with E-state index in [0.29, 0.717) is 10.6 Å². The van der Waals surface area contributed by atoms with Gasteiger partial charge in [0.15, 0.2) is 5.43 Å². The van der Waals surface area contributed by atoms with Gasteiger partial charge in [0.2, 0.25) is 0 Å². The van der Waals surface area contributed by atoms with Gasteiger partial charge in [0.05, 0.1) is 6.61 Å². The first kappa shape index (κ1) is 11.9. The third-order valence-electron chi connectivity index (χ3n) is 2.60. The van der Waals surface area contributed by atoms with Crippen LogP contribution in [0.15, 0.2) is 41.3 Å². The summed E-state index contributed by atoms with van der Waals surface area (Å²) in [5.41, 5.74) is 1.96. The first-order chi connectivity index (χ1) is 8.11. The van der Waals surface area contributed by atoms with Crippen molar-refractivity contribution in [1.29, 1.82) is 0 Å². The van der Waals surface area contributed by atoms with E-state index in [-0.39, 0.29) is 12.0 Å². The first-order valence-corrected chi connectivity index (χ1v) is 5.58. The zero-order valence-corrected chi connectivity index (χ0v) is 10.1. The Bertz CT molecular complexity index is 587. The van der Waals surface area contributed by atoms with Crippen LogP contribution in [0.2, 0.25) is 5.02 Å². The van der Waals surface area contributed by atoms with Gasteiger partial charge in [-0.15, -0.1) is 0 Å².